The molecule has 2 aromatic heterocycles. The van der Waals surface area contributed by atoms with Crippen molar-refractivity contribution in [1.82, 2.24) is 24.9 Å². The molecule has 1 unspecified atom stereocenters. The largest absolute Gasteiger partial charge is 0.338 e. The summed E-state index contributed by atoms with van der Waals surface area (Å²) in [5.74, 6) is 2.34. The third-order valence-corrected chi connectivity index (χ3v) is 4.81. The molecule has 0 saturated heterocycles. The van der Waals surface area contributed by atoms with Crippen LogP contribution in [0.15, 0.2) is 40.0 Å². The predicted octanol–water partition coefficient (Wildman–Crippen LogP) is 3.69. The summed E-state index contributed by atoms with van der Waals surface area (Å²) in [5, 5.41) is 13.6. The normalized spacial score (nSPS) is 12.5. The molecule has 0 aliphatic heterocycles. The second kappa shape index (κ2) is 7.61. The number of nitrogens with zero attached hydrogens (tertiary/aromatic N) is 5. The van der Waals surface area contributed by atoms with Crippen LogP contribution in [0, 0.1) is 0 Å². The summed E-state index contributed by atoms with van der Waals surface area (Å²) in [6.45, 7) is 6.99. The molecule has 3 rings (SSSR count). The van der Waals surface area contributed by atoms with Gasteiger partial charge in [0.15, 0.2) is 11.0 Å². The van der Waals surface area contributed by atoms with E-state index in [4.69, 9.17) is 4.52 Å². The number of rotatable bonds is 7. The SMILES string of the molecule is CCc1noc(C(C)Sc2nnc(Cc3ccccc3)n2CC)n1. The highest BCUT2D eigenvalue weighted by Crippen LogP contribution is 2.33. The van der Waals surface area contributed by atoms with Crippen LogP contribution in [0.1, 0.15) is 49.1 Å². The molecule has 0 aliphatic rings. The Morgan fingerprint density at radius 1 is 1.17 bits per heavy atom. The van der Waals surface area contributed by atoms with Gasteiger partial charge in [-0.2, -0.15) is 4.98 Å². The highest BCUT2D eigenvalue weighted by atomic mass is 32.2. The van der Waals surface area contributed by atoms with Gasteiger partial charge in [-0.15, -0.1) is 10.2 Å². The van der Waals surface area contributed by atoms with Crippen LogP contribution in [-0.4, -0.2) is 24.9 Å². The maximum atomic E-state index is 5.33. The van der Waals surface area contributed by atoms with Crippen LogP contribution in [0.5, 0.6) is 0 Å². The van der Waals surface area contributed by atoms with Gasteiger partial charge in [0.05, 0.1) is 5.25 Å². The lowest BCUT2D eigenvalue weighted by atomic mass is 10.1. The first kappa shape index (κ1) is 16.7. The molecule has 1 aromatic carbocycles. The molecule has 0 saturated carbocycles. The van der Waals surface area contributed by atoms with Crippen LogP contribution >= 0.6 is 11.8 Å². The van der Waals surface area contributed by atoms with Crippen molar-refractivity contribution in [2.24, 2.45) is 0 Å². The summed E-state index contributed by atoms with van der Waals surface area (Å²) in [5.41, 5.74) is 1.23. The van der Waals surface area contributed by atoms with Gasteiger partial charge >= 0.3 is 0 Å². The Hall–Kier alpha value is -2.15. The molecule has 0 spiro atoms. The van der Waals surface area contributed by atoms with Crippen molar-refractivity contribution in [1.29, 1.82) is 0 Å². The number of hydrogen-bond acceptors (Lipinski definition) is 6. The van der Waals surface area contributed by atoms with Crippen LogP contribution in [0.4, 0.5) is 0 Å². The first-order valence-electron chi connectivity index (χ1n) is 8.16. The Bertz CT molecular complexity index is 783. The molecule has 6 nitrogen and oxygen atoms in total. The highest BCUT2D eigenvalue weighted by Gasteiger charge is 2.20. The maximum Gasteiger partial charge on any atom is 0.239 e. The van der Waals surface area contributed by atoms with E-state index in [0.29, 0.717) is 5.89 Å². The van der Waals surface area contributed by atoms with E-state index in [0.717, 1.165) is 36.2 Å². The minimum absolute atomic E-state index is 0.0388. The van der Waals surface area contributed by atoms with Gasteiger partial charge in [0, 0.05) is 19.4 Å². The van der Waals surface area contributed by atoms with Gasteiger partial charge in [0.1, 0.15) is 5.82 Å². The molecule has 0 bridgehead atoms. The molecule has 0 aliphatic carbocycles. The minimum atomic E-state index is 0.0388. The third-order valence-electron chi connectivity index (χ3n) is 3.74. The van der Waals surface area contributed by atoms with Gasteiger partial charge in [-0.05, 0) is 19.4 Å². The number of benzene rings is 1. The van der Waals surface area contributed by atoms with Crippen LogP contribution in [-0.2, 0) is 19.4 Å². The van der Waals surface area contributed by atoms with Crippen LogP contribution in [0.2, 0.25) is 0 Å². The third kappa shape index (κ3) is 3.67. The maximum absolute atomic E-state index is 5.33. The molecular formula is C17H21N5OS. The molecule has 2 heterocycles. The lowest BCUT2D eigenvalue weighted by molar-refractivity contribution is 0.375. The van der Waals surface area contributed by atoms with Crippen LogP contribution in [0.3, 0.4) is 0 Å². The average molecular weight is 343 g/mol. The monoisotopic (exact) mass is 343 g/mol. The Kier molecular flexibility index (Phi) is 5.30. The molecule has 126 valence electrons. The van der Waals surface area contributed by atoms with E-state index in [9.17, 15) is 0 Å². The van der Waals surface area contributed by atoms with E-state index >= 15 is 0 Å². The average Bonchev–Trinajstić information content (AvgIpc) is 3.23. The molecular weight excluding hydrogens is 322 g/mol. The van der Waals surface area contributed by atoms with Crippen LogP contribution < -0.4 is 0 Å². The quantitative estimate of drug-likeness (QED) is 0.609. The van der Waals surface area contributed by atoms with Gasteiger partial charge in [0.2, 0.25) is 5.89 Å². The van der Waals surface area contributed by atoms with Crippen molar-refractivity contribution in [3.8, 4) is 0 Å². The zero-order chi connectivity index (χ0) is 16.9. The molecule has 7 heteroatoms. The van der Waals surface area contributed by atoms with E-state index in [2.05, 4.69) is 44.0 Å². The standard InChI is InChI=1S/C17H21N5OS/c1-4-14-18-16(23-21-14)12(3)24-17-20-19-15(22(17)5-2)11-13-9-7-6-8-10-13/h6-10,12H,4-5,11H2,1-3H3. The van der Waals surface area contributed by atoms with Crippen molar-refractivity contribution in [3.05, 3.63) is 53.4 Å². The lowest BCUT2D eigenvalue weighted by Gasteiger charge is -2.09. The van der Waals surface area contributed by atoms with Crippen molar-refractivity contribution in [2.45, 2.75) is 50.6 Å². The summed E-state index contributed by atoms with van der Waals surface area (Å²) in [6, 6.07) is 10.3. The molecule has 0 N–H and O–H groups in total. The minimum Gasteiger partial charge on any atom is -0.338 e. The van der Waals surface area contributed by atoms with Crippen molar-refractivity contribution < 1.29 is 4.52 Å². The van der Waals surface area contributed by atoms with Gasteiger partial charge in [-0.25, -0.2) is 0 Å². The fraction of sp³-hybridized carbons (Fsp3) is 0.412. The molecule has 0 amide bonds. The summed E-state index contributed by atoms with van der Waals surface area (Å²) in [4.78, 5) is 4.40. The first-order valence-corrected chi connectivity index (χ1v) is 9.04. The van der Waals surface area contributed by atoms with Gasteiger partial charge in [-0.1, -0.05) is 54.2 Å². The Balaban J connectivity index is 1.76. The van der Waals surface area contributed by atoms with Gasteiger partial charge in [-0.3, -0.25) is 0 Å². The predicted molar refractivity (Wildman–Crippen MR) is 92.9 cm³/mol. The van der Waals surface area contributed by atoms with Gasteiger partial charge < -0.3 is 9.09 Å². The van der Waals surface area contributed by atoms with Gasteiger partial charge in [0.25, 0.3) is 0 Å². The Labute approximate surface area is 145 Å². The van der Waals surface area contributed by atoms with E-state index in [1.165, 1.54) is 5.56 Å². The number of thioether (sulfide) groups is 1. The van der Waals surface area contributed by atoms with Crippen molar-refractivity contribution in [2.75, 3.05) is 0 Å². The van der Waals surface area contributed by atoms with E-state index in [-0.39, 0.29) is 5.25 Å². The fourth-order valence-electron chi connectivity index (χ4n) is 2.42. The van der Waals surface area contributed by atoms with E-state index in [1.807, 2.05) is 32.0 Å². The van der Waals surface area contributed by atoms with E-state index < -0.39 is 0 Å². The number of aromatic nitrogens is 5. The molecule has 0 radical (unpaired) electrons. The van der Waals surface area contributed by atoms with Crippen molar-refractivity contribution >= 4 is 11.8 Å². The smallest absolute Gasteiger partial charge is 0.239 e. The number of aryl methyl sites for hydroxylation is 1. The number of hydrogen-bond donors (Lipinski definition) is 0. The highest BCUT2D eigenvalue weighted by molar-refractivity contribution is 7.99. The second-order valence-electron chi connectivity index (χ2n) is 5.47. The molecule has 1 atom stereocenters. The molecule has 0 fully saturated rings. The topological polar surface area (TPSA) is 69.6 Å². The second-order valence-corrected chi connectivity index (χ2v) is 6.78. The summed E-state index contributed by atoms with van der Waals surface area (Å²) >= 11 is 1.60. The Morgan fingerprint density at radius 2 is 1.96 bits per heavy atom. The lowest BCUT2D eigenvalue weighted by Crippen LogP contribution is -2.04. The van der Waals surface area contributed by atoms with Crippen molar-refractivity contribution in [3.63, 3.8) is 0 Å². The summed E-state index contributed by atoms with van der Waals surface area (Å²) in [6.07, 6.45) is 1.55. The Morgan fingerprint density at radius 3 is 2.62 bits per heavy atom. The van der Waals surface area contributed by atoms with E-state index in [1.54, 1.807) is 11.8 Å². The molecule has 3 aromatic rings. The first-order chi connectivity index (χ1) is 11.7. The zero-order valence-corrected chi connectivity index (χ0v) is 15.0. The zero-order valence-electron chi connectivity index (χ0n) is 14.1. The summed E-state index contributed by atoms with van der Waals surface area (Å²) in [7, 11) is 0. The fourth-order valence-corrected chi connectivity index (χ4v) is 3.38. The molecule has 24 heavy (non-hydrogen) atoms. The summed E-state index contributed by atoms with van der Waals surface area (Å²) < 4.78 is 7.47. The van der Waals surface area contributed by atoms with Crippen LogP contribution in [0.25, 0.3) is 0 Å².